The van der Waals surface area contributed by atoms with Crippen molar-refractivity contribution in [2.24, 2.45) is 0 Å². The van der Waals surface area contributed by atoms with Crippen molar-refractivity contribution >= 4 is 5.57 Å². The molecule has 0 amide bonds. The Balaban J connectivity index is 1.81. The minimum Gasteiger partial charge on any atom is -0.493 e. The number of hydrogen-bond acceptors (Lipinski definition) is 4. The highest BCUT2D eigenvalue weighted by molar-refractivity contribution is 5.69. The van der Waals surface area contributed by atoms with E-state index in [0.717, 1.165) is 30.8 Å². The smallest absolute Gasteiger partial charge is 0.172 e. The molecule has 0 unspecified atom stereocenters. The van der Waals surface area contributed by atoms with E-state index in [1.54, 1.807) is 14.2 Å². The van der Waals surface area contributed by atoms with Crippen LogP contribution < -0.4 is 9.47 Å². The maximum absolute atomic E-state index is 5.74. The molecule has 0 saturated carbocycles. The maximum Gasteiger partial charge on any atom is 0.172 e. The van der Waals surface area contributed by atoms with Crippen LogP contribution in [0.1, 0.15) is 24.8 Å². The van der Waals surface area contributed by atoms with Gasteiger partial charge >= 0.3 is 0 Å². The highest BCUT2D eigenvalue weighted by atomic mass is 16.7. The van der Waals surface area contributed by atoms with E-state index >= 15 is 0 Å². The molecule has 1 aromatic carbocycles. The molecule has 1 aromatic rings. The van der Waals surface area contributed by atoms with Gasteiger partial charge in [-0.2, -0.15) is 0 Å². The highest BCUT2D eigenvalue weighted by Crippen LogP contribution is 2.39. The lowest BCUT2D eigenvalue weighted by Gasteiger charge is -2.30. The van der Waals surface area contributed by atoms with Gasteiger partial charge in [-0.1, -0.05) is 12.1 Å². The molecule has 4 heteroatoms. The van der Waals surface area contributed by atoms with Crippen LogP contribution in [-0.4, -0.2) is 33.2 Å². The summed E-state index contributed by atoms with van der Waals surface area (Å²) in [6.45, 7) is 1.42. The van der Waals surface area contributed by atoms with Crippen molar-refractivity contribution in [3.8, 4) is 11.5 Å². The molecule has 1 fully saturated rings. The molecule has 0 N–H and O–H groups in total. The lowest BCUT2D eigenvalue weighted by molar-refractivity contribution is -0.159. The lowest BCUT2D eigenvalue weighted by Crippen LogP contribution is -2.31. The normalized spacial score (nSPS) is 20.8. The molecule has 3 rings (SSSR count). The van der Waals surface area contributed by atoms with E-state index in [-0.39, 0.29) is 5.79 Å². The van der Waals surface area contributed by atoms with E-state index in [4.69, 9.17) is 18.9 Å². The molecule has 1 heterocycles. The van der Waals surface area contributed by atoms with Gasteiger partial charge < -0.3 is 18.9 Å². The average Bonchev–Trinajstić information content (AvgIpc) is 2.95. The van der Waals surface area contributed by atoms with Crippen molar-refractivity contribution in [1.82, 2.24) is 0 Å². The van der Waals surface area contributed by atoms with Crippen molar-refractivity contribution in [1.29, 1.82) is 0 Å². The summed E-state index contributed by atoms with van der Waals surface area (Å²) in [7, 11) is 3.31. The van der Waals surface area contributed by atoms with Crippen LogP contribution in [0.5, 0.6) is 11.5 Å². The van der Waals surface area contributed by atoms with Crippen LogP contribution >= 0.6 is 0 Å². The number of rotatable bonds is 3. The Bertz CT molecular complexity index is 515. The first-order valence-corrected chi connectivity index (χ1v) is 6.96. The largest absolute Gasteiger partial charge is 0.493 e. The summed E-state index contributed by atoms with van der Waals surface area (Å²) in [5, 5.41) is 0. The molecule has 1 aliphatic heterocycles. The Morgan fingerprint density at radius 3 is 2.40 bits per heavy atom. The summed E-state index contributed by atoms with van der Waals surface area (Å²) in [6, 6.07) is 6.04. The summed E-state index contributed by atoms with van der Waals surface area (Å²) in [5.74, 6) is 1.16. The highest BCUT2D eigenvalue weighted by Gasteiger charge is 2.37. The van der Waals surface area contributed by atoms with E-state index in [1.807, 2.05) is 12.1 Å². The number of allylic oxidation sites excluding steroid dienone is 1. The fraction of sp³-hybridized carbons (Fsp3) is 0.500. The number of ether oxygens (including phenoxy) is 4. The summed E-state index contributed by atoms with van der Waals surface area (Å²) in [4.78, 5) is 0. The molecule has 1 saturated heterocycles. The van der Waals surface area contributed by atoms with E-state index in [9.17, 15) is 0 Å². The molecule has 108 valence electrons. The first kappa shape index (κ1) is 13.5. The van der Waals surface area contributed by atoms with Crippen molar-refractivity contribution < 1.29 is 18.9 Å². The first-order valence-electron chi connectivity index (χ1n) is 6.96. The Labute approximate surface area is 119 Å². The van der Waals surface area contributed by atoms with Gasteiger partial charge in [-0.05, 0) is 29.7 Å². The Hall–Kier alpha value is -1.52. The van der Waals surface area contributed by atoms with Gasteiger partial charge in [0.2, 0.25) is 0 Å². The second-order valence-electron chi connectivity index (χ2n) is 5.11. The van der Waals surface area contributed by atoms with Crippen LogP contribution in [0.2, 0.25) is 0 Å². The Kier molecular flexibility index (Phi) is 3.68. The third-order valence-electron chi connectivity index (χ3n) is 4.00. The maximum atomic E-state index is 5.74. The topological polar surface area (TPSA) is 36.9 Å². The fourth-order valence-corrected chi connectivity index (χ4v) is 2.87. The second-order valence-corrected chi connectivity index (χ2v) is 5.11. The van der Waals surface area contributed by atoms with E-state index in [1.165, 1.54) is 11.1 Å². The molecule has 1 spiro atoms. The molecule has 0 radical (unpaired) electrons. The van der Waals surface area contributed by atoms with Gasteiger partial charge in [0, 0.05) is 12.8 Å². The van der Waals surface area contributed by atoms with E-state index in [2.05, 4.69) is 12.1 Å². The first-order chi connectivity index (χ1) is 9.76. The monoisotopic (exact) mass is 276 g/mol. The van der Waals surface area contributed by atoms with E-state index in [0.29, 0.717) is 13.2 Å². The molecule has 20 heavy (non-hydrogen) atoms. The van der Waals surface area contributed by atoms with Crippen molar-refractivity contribution in [2.45, 2.75) is 25.0 Å². The van der Waals surface area contributed by atoms with Gasteiger partial charge in [0.25, 0.3) is 0 Å². The van der Waals surface area contributed by atoms with Crippen LogP contribution in [0, 0.1) is 0 Å². The third-order valence-corrected chi connectivity index (χ3v) is 4.00. The van der Waals surface area contributed by atoms with Crippen LogP contribution in [0.3, 0.4) is 0 Å². The number of hydrogen-bond donors (Lipinski definition) is 0. The Morgan fingerprint density at radius 1 is 1.05 bits per heavy atom. The van der Waals surface area contributed by atoms with Gasteiger partial charge in [0.1, 0.15) is 0 Å². The lowest BCUT2D eigenvalue weighted by atomic mass is 9.90. The molecule has 0 atom stereocenters. The molecule has 1 aliphatic carbocycles. The van der Waals surface area contributed by atoms with Gasteiger partial charge in [0.05, 0.1) is 27.4 Å². The van der Waals surface area contributed by atoms with Crippen molar-refractivity contribution in [3.63, 3.8) is 0 Å². The number of methoxy groups -OCH3 is 2. The van der Waals surface area contributed by atoms with Crippen LogP contribution in [0.15, 0.2) is 24.3 Å². The zero-order chi connectivity index (χ0) is 14.0. The molecular formula is C16H20O4. The third kappa shape index (κ3) is 2.41. The van der Waals surface area contributed by atoms with Gasteiger partial charge in [-0.3, -0.25) is 0 Å². The van der Waals surface area contributed by atoms with Crippen LogP contribution in [-0.2, 0) is 9.47 Å². The van der Waals surface area contributed by atoms with Gasteiger partial charge in [-0.15, -0.1) is 0 Å². The van der Waals surface area contributed by atoms with Crippen LogP contribution in [0.25, 0.3) is 5.57 Å². The van der Waals surface area contributed by atoms with Gasteiger partial charge in [0.15, 0.2) is 17.3 Å². The minimum atomic E-state index is -0.361. The molecular weight excluding hydrogens is 256 g/mol. The SMILES string of the molecule is COc1ccc(C2=CCC3(CC2)OCCO3)cc1OC. The summed E-state index contributed by atoms with van der Waals surface area (Å²) in [5.41, 5.74) is 2.49. The quantitative estimate of drug-likeness (QED) is 0.850. The average molecular weight is 276 g/mol. The van der Waals surface area contributed by atoms with Crippen molar-refractivity contribution in [3.05, 3.63) is 29.8 Å². The minimum absolute atomic E-state index is 0.361. The van der Waals surface area contributed by atoms with E-state index < -0.39 is 0 Å². The molecule has 0 aromatic heterocycles. The predicted octanol–water partition coefficient (Wildman–Crippen LogP) is 3.01. The molecule has 0 bridgehead atoms. The molecule has 2 aliphatic rings. The predicted molar refractivity (Wildman–Crippen MR) is 76.0 cm³/mol. The summed E-state index contributed by atoms with van der Waals surface area (Å²) >= 11 is 0. The Morgan fingerprint density at radius 2 is 1.80 bits per heavy atom. The second kappa shape index (κ2) is 5.46. The van der Waals surface area contributed by atoms with Crippen LogP contribution in [0.4, 0.5) is 0 Å². The summed E-state index contributed by atoms with van der Waals surface area (Å²) in [6.07, 6.45) is 4.90. The standard InChI is InChI=1S/C16H20O4/c1-17-14-4-3-13(11-15(14)18-2)12-5-7-16(8-6-12)19-9-10-20-16/h3-5,11H,6-10H2,1-2H3. The van der Waals surface area contributed by atoms with Gasteiger partial charge in [-0.25, -0.2) is 0 Å². The fourth-order valence-electron chi connectivity index (χ4n) is 2.87. The number of benzene rings is 1. The zero-order valence-electron chi connectivity index (χ0n) is 12.0. The van der Waals surface area contributed by atoms with Crippen molar-refractivity contribution in [2.75, 3.05) is 27.4 Å². The zero-order valence-corrected chi connectivity index (χ0v) is 12.0. The molecule has 4 nitrogen and oxygen atoms in total. The summed E-state index contributed by atoms with van der Waals surface area (Å²) < 4.78 is 22.1.